The molecular weight excluding hydrogens is 260 g/mol. The molecule has 0 saturated heterocycles. The van der Waals surface area contributed by atoms with Crippen molar-refractivity contribution in [3.8, 4) is 16.9 Å². The second kappa shape index (κ2) is 5.41. The van der Waals surface area contributed by atoms with Crippen LogP contribution < -0.4 is 10.5 Å². The number of rotatable bonds is 2. The maximum atomic E-state index is 6.30. The second-order valence-electron chi connectivity index (χ2n) is 5.89. The van der Waals surface area contributed by atoms with Crippen LogP contribution in [0.2, 0.25) is 0 Å². The van der Waals surface area contributed by atoms with Crippen LogP contribution >= 0.6 is 0 Å². The highest BCUT2D eigenvalue weighted by Crippen LogP contribution is 2.35. The van der Waals surface area contributed by atoms with E-state index in [9.17, 15) is 0 Å². The molecule has 0 spiro atoms. The first-order valence-corrected chi connectivity index (χ1v) is 7.33. The van der Waals surface area contributed by atoms with E-state index in [0.717, 1.165) is 42.1 Å². The predicted molar refractivity (Wildman–Crippen MR) is 87.6 cm³/mol. The zero-order valence-corrected chi connectivity index (χ0v) is 12.9. The van der Waals surface area contributed by atoms with Crippen LogP contribution in [0.25, 0.3) is 11.1 Å². The smallest absolute Gasteiger partial charge is 0.126 e. The fourth-order valence-electron chi connectivity index (χ4n) is 3.08. The van der Waals surface area contributed by atoms with Crippen molar-refractivity contribution >= 4 is 5.69 Å². The fraction of sp³-hybridized carbons (Fsp3) is 0.333. The number of ether oxygens (including phenoxy) is 1. The topological polar surface area (TPSA) is 38.5 Å². The number of fused-ring (bicyclic) bond motifs is 1. The van der Waals surface area contributed by atoms with Crippen LogP contribution in [0.15, 0.2) is 30.3 Å². The standard InChI is InChI=1S/C18H22N2O/c1-12-4-5-18(21-3)16(8-12)13-9-14-11-20(2)7-6-15(14)17(19)10-13/h4-5,8-10H,6-7,11,19H2,1-3H3. The third kappa shape index (κ3) is 2.61. The highest BCUT2D eigenvalue weighted by atomic mass is 16.5. The molecule has 0 amide bonds. The highest BCUT2D eigenvalue weighted by molar-refractivity contribution is 5.76. The average Bonchev–Trinajstić information content (AvgIpc) is 2.46. The lowest BCUT2D eigenvalue weighted by Gasteiger charge is -2.27. The Morgan fingerprint density at radius 1 is 1.19 bits per heavy atom. The summed E-state index contributed by atoms with van der Waals surface area (Å²) >= 11 is 0. The highest BCUT2D eigenvalue weighted by Gasteiger charge is 2.18. The fourth-order valence-corrected chi connectivity index (χ4v) is 3.08. The van der Waals surface area contributed by atoms with E-state index in [2.05, 4.69) is 43.1 Å². The number of benzene rings is 2. The van der Waals surface area contributed by atoms with Crippen LogP contribution in [0, 0.1) is 6.92 Å². The summed E-state index contributed by atoms with van der Waals surface area (Å²) in [7, 11) is 3.86. The van der Waals surface area contributed by atoms with E-state index < -0.39 is 0 Å². The molecule has 3 rings (SSSR count). The predicted octanol–water partition coefficient (Wildman–Crippen LogP) is 3.24. The molecule has 1 heterocycles. The maximum absolute atomic E-state index is 6.30. The van der Waals surface area contributed by atoms with Crippen molar-refractivity contribution < 1.29 is 4.74 Å². The van der Waals surface area contributed by atoms with Crippen LogP contribution in [-0.2, 0) is 13.0 Å². The number of nitrogens with two attached hydrogens (primary N) is 1. The second-order valence-corrected chi connectivity index (χ2v) is 5.89. The van der Waals surface area contributed by atoms with Crippen LogP contribution in [0.3, 0.4) is 0 Å². The van der Waals surface area contributed by atoms with E-state index in [-0.39, 0.29) is 0 Å². The van der Waals surface area contributed by atoms with Gasteiger partial charge in [0.25, 0.3) is 0 Å². The van der Waals surface area contributed by atoms with Gasteiger partial charge in [-0.2, -0.15) is 0 Å². The molecule has 2 aromatic carbocycles. The molecule has 0 unspecified atom stereocenters. The molecule has 2 aromatic rings. The summed E-state index contributed by atoms with van der Waals surface area (Å²) in [6.45, 7) is 4.13. The van der Waals surface area contributed by atoms with E-state index >= 15 is 0 Å². The van der Waals surface area contributed by atoms with Gasteiger partial charge in [0.2, 0.25) is 0 Å². The van der Waals surface area contributed by atoms with Crippen molar-refractivity contribution in [3.63, 3.8) is 0 Å². The van der Waals surface area contributed by atoms with Crippen molar-refractivity contribution in [2.75, 3.05) is 26.4 Å². The Bertz CT molecular complexity index is 679. The summed E-state index contributed by atoms with van der Waals surface area (Å²) < 4.78 is 5.51. The summed E-state index contributed by atoms with van der Waals surface area (Å²) in [5.41, 5.74) is 13.3. The van der Waals surface area contributed by atoms with Crippen LogP contribution in [0.4, 0.5) is 5.69 Å². The lowest BCUT2D eigenvalue weighted by molar-refractivity contribution is 0.313. The minimum atomic E-state index is 0.893. The number of likely N-dealkylation sites (N-methyl/N-ethyl adjacent to an activating group) is 1. The van der Waals surface area contributed by atoms with Gasteiger partial charge >= 0.3 is 0 Å². The normalized spacial score (nSPS) is 14.8. The summed E-state index contributed by atoms with van der Waals surface area (Å²) in [5.74, 6) is 0.893. The van der Waals surface area contributed by atoms with E-state index in [1.165, 1.54) is 16.7 Å². The van der Waals surface area contributed by atoms with Crippen molar-refractivity contribution in [1.29, 1.82) is 0 Å². The molecule has 110 valence electrons. The van der Waals surface area contributed by atoms with E-state index in [0.29, 0.717) is 0 Å². The van der Waals surface area contributed by atoms with Crippen LogP contribution in [0.5, 0.6) is 5.75 Å². The van der Waals surface area contributed by atoms with Gasteiger partial charge in [0.05, 0.1) is 7.11 Å². The summed E-state index contributed by atoms with van der Waals surface area (Å²) in [4.78, 5) is 2.33. The van der Waals surface area contributed by atoms with Crippen molar-refractivity contribution in [2.24, 2.45) is 0 Å². The van der Waals surface area contributed by atoms with Gasteiger partial charge in [-0.15, -0.1) is 0 Å². The minimum Gasteiger partial charge on any atom is -0.496 e. The molecule has 0 aliphatic carbocycles. The minimum absolute atomic E-state index is 0.893. The Hall–Kier alpha value is -2.00. The number of hydrogen-bond acceptors (Lipinski definition) is 3. The summed E-state index contributed by atoms with van der Waals surface area (Å²) in [5, 5.41) is 0. The molecule has 0 saturated carbocycles. The first-order chi connectivity index (χ1) is 10.1. The summed E-state index contributed by atoms with van der Waals surface area (Å²) in [6.07, 6.45) is 1.03. The number of anilines is 1. The molecule has 2 N–H and O–H groups in total. The molecule has 3 heteroatoms. The largest absolute Gasteiger partial charge is 0.496 e. The number of nitrogen functional groups attached to an aromatic ring is 1. The molecule has 1 aliphatic rings. The SMILES string of the molecule is COc1ccc(C)cc1-c1cc(N)c2c(c1)CN(C)CC2. The Morgan fingerprint density at radius 3 is 2.76 bits per heavy atom. The molecule has 21 heavy (non-hydrogen) atoms. The molecule has 0 atom stereocenters. The van der Waals surface area contributed by atoms with Gasteiger partial charge in [0.15, 0.2) is 0 Å². The van der Waals surface area contributed by atoms with Crippen molar-refractivity contribution in [1.82, 2.24) is 4.90 Å². The Labute approximate surface area is 126 Å². The van der Waals surface area contributed by atoms with E-state index in [1.807, 2.05) is 6.07 Å². The van der Waals surface area contributed by atoms with E-state index in [1.54, 1.807) is 7.11 Å². The first-order valence-electron chi connectivity index (χ1n) is 7.33. The van der Waals surface area contributed by atoms with E-state index in [4.69, 9.17) is 10.5 Å². The molecule has 0 bridgehead atoms. The van der Waals surface area contributed by atoms with Gasteiger partial charge < -0.3 is 15.4 Å². The third-order valence-corrected chi connectivity index (χ3v) is 4.23. The van der Waals surface area contributed by atoms with Crippen LogP contribution in [-0.4, -0.2) is 25.6 Å². The molecule has 0 aromatic heterocycles. The zero-order valence-electron chi connectivity index (χ0n) is 12.9. The maximum Gasteiger partial charge on any atom is 0.126 e. The third-order valence-electron chi connectivity index (χ3n) is 4.23. The molecule has 1 aliphatic heterocycles. The molecular formula is C18H22N2O. The monoisotopic (exact) mass is 282 g/mol. The number of aryl methyl sites for hydroxylation is 1. The first kappa shape index (κ1) is 14.0. The van der Waals surface area contributed by atoms with Gasteiger partial charge in [0, 0.05) is 24.3 Å². The lowest BCUT2D eigenvalue weighted by Crippen LogP contribution is -2.27. The average molecular weight is 282 g/mol. The Morgan fingerprint density at radius 2 is 2.00 bits per heavy atom. The Kier molecular flexibility index (Phi) is 3.60. The zero-order chi connectivity index (χ0) is 15.0. The number of methoxy groups -OCH3 is 1. The van der Waals surface area contributed by atoms with Crippen molar-refractivity contribution in [3.05, 3.63) is 47.0 Å². The number of hydrogen-bond donors (Lipinski definition) is 1. The van der Waals surface area contributed by atoms with Crippen molar-refractivity contribution in [2.45, 2.75) is 19.9 Å². The quantitative estimate of drug-likeness (QED) is 0.859. The molecule has 0 fully saturated rings. The van der Waals surface area contributed by atoms with Gasteiger partial charge in [0.1, 0.15) is 5.75 Å². The van der Waals surface area contributed by atoms with Gasteiger partial charge in [-0.25, -0.2) is 0 Å². The van der Waals surface area contributed by atoms with Gasteiger partial charge in [-0.1, -0.05) is 11.6 Å². The molecule has 3 nitrogen and oxygen atoms in total. The van der Waals surface area contributed by atoms with Crippen LogP contribution in [0.1, 0.15) is 16.7 Å². The summed E-state index contributed by atoms with van der Waals surface area (Å²) in [6, 6.07) is 10.6. The molecule has 0 radical (unpaired) electrons. The lowest BCUT2D eigenvalue weighted by atomic mass is 9.92. The van der Waals surface area contributed by atoms with Gasteiger partial charge in [-0.3, -0.25) is 0 Å². The number of nitrogens with zero attached hydrogens (tertiary/aromatic N) is 1. The van der Waals surface area contributed by atoms with Gasteiger partial charge in [-0.05, 0) is 61.3 Å². The Balaban J connectivity index is 2.14.